The SMILES string of the molecule is CC(C)COC(=O)COCCOCCOCCNc1ccccc1. The van der Waals surface area contributed by atoms with Gasteiger partial charge in [0.1, 0.15) is 6.61 Å². The maximum Gasteiger partial charge on any atom is 0.332 e. The van der Waals surface area contributed by atoms with Gasteiger partial charge in [-0.25, -0.2) is 4.79 Å². The van der Waals surface area contributed by atoms with Crippen LogP contribution in [0.2, 0.25) is 0 Å². The Bertz CT molecular complexity index is 425. The van der Waals surface area contributed by atoms with Gasteiger partial charge in [0, 0.05) is 12.2 Å². The summed E-state index contributed by atoms with van der Waals surface area (Å²) in [5.74, 6) is -0.00174. The zero-order valence-corrected chi connectivity index (χ0v) is 14.7. The number of rotatable bonds is 14. The number of esters is 1. The monoisotopic (exact) mass is 339 g/mol. The molecule has 0 aliphatic rings. The fourth-order valence-corrected chi connectivity index (χ4v) is 1.72. The zero-order valence-electron chi connectivity index (χ0n) is 14.7. The highest BCUT2D eigenvalue weighted by Crippen LogP contribution is 2.03. The molecule has 0 fully saturated rings. The van der Waals surface area contributed by atoms with Gasteiger partial charge in [-0.15, -0.1) is 0 Å². The topological polar surface area (TPSA) is 66.0 Å². The molecule has 24 heavy (non-hydrogen) atoms. The molecule has 136 valence electrons. The summed E-state index contributed by atoms with van der Waals surface area (Å²) in [6.07, 6.45) is 0. The minimum absolute atomic E-state index is 0.0300. The first-order chi connectivity index (χ1) is 11.7. The van der Waals surface area contributed by atoms with E-state index in [0.717, 1.165) is 12.2 Å². The van der Waals surface area contributed by atoms with Crippen LogP contribution in [0.1, 0.15) is 13.8 Å². The number of para-hydroxylation sites is 1. The Morgan fingerprint density at radius 3 is 2.25 bits per heavy atom. The zero-order chi connectivity index (χ0) is 17.5. The average molecular weight is 339 g/mol. The van der Waals surface area contributed by atoms with Crippen LogP contribution in [0.15, 0.2) is 30.3 Å². The molecule has 6 heteroatoms. The van der Waals surface area contributed by atoms with E-state index in [0.29, 0.717) is 45.6 Å². The average Bonchev–Trinajstić information content (AvgIpc) is 2.58. The lowest BCUT2D eigenvalue weighted by Gasteiger charge is -2.09. The minimum Gasteiger partial charge on any atom is -0.464 e. The number of hydrogen-bond acceptors (Lipinski definition) is 6. The van der Waals surface area contributed by atoms with Crippen LogP contribution >= 0.6 is 0 Å². The lowest BCUT2D eigenvalue weighted by Crippen LogP contribution is -2.18. The number of hydrogen-bond donors (Lipinski definition) is 1. The van der Waals surface area contributed by atoms with Gasteiger partial charge in [-0.3, -0.25) is 0 Å². The van der Waals surface area contributed by atoms with E-state index in [1.54, 1.807) is 0 Å². The Morgan fingerprint density at radius 2 is 1.58 bits per heavy atom. The molecule has 0 spiro atoms. The smallest absolute Gasteiger partial charge is 0.332 e. The summed E-state index contributed by atoms with van der Waals surface area (Å²) in [6, 6.07) is 9.99. The second-order valence-electron chi connectivity index (χ2n) is 5.65. The molecule has 1 aromatic carbocycles. The van der Waals surface area contributed by atoms with Crippen LogP contribution in [0, 0.1) is 5.92 Å². The number of ether oxygens (including phenoxy) is 4. The van der Waals surface area contributed by atoms with Gasteiger partial charge in [-0.2, -0.15) is 0 Å². The molecule has 0 amide bonds. The summed E-state index contributed by atoms with van der Waals surface area (Å²) in [4.78, 5) is 11.3. The van der Waals surface area contributed by atoms with E-state index in [1.807, 2.05) is 44.2 Å². The highest BCUT2D eigenvalue weighted by atomic mass is 16.6. The van der Waals surface area contributed by atoms with Gasteiger partial charge in [0.15, 0.2) is 0 Å². The standard InChI is InChI=1S/C18H29NO5/c1-16(2)14-24-18(20)15-23-13-12-22-11-10-21-9-8-19-17-6-4-3-5-7-17/h3-7,16,19H,8-15H2,1-2H3. The van der Waals surface area contributed by atoms with Gasteiger partial charge in [0.25, 0.3) is 0 Å². The van der Waals surface area contributed by atoms with Gasteiger partial charge in [-0.1, -0.05) is 32.0 Å². The van der Waals surface area contributed by atoms with Gasteiger partial charge in [0.2, 0.25) is 0 Å². The van der Waals surface area contributed by atoms with Crippen molar-refractivity contribution in [1.29, 1.82) is 0 Å². The van der Waals surface area contributed by atoms with Crippen LogP contribution in [-0.2, 0) is 23.7 Å². The molecule has 0 saturated carbocycles. The Balaban J connectivity index is 1.80. The van der Waals surface area contributed by atoms with Gasteiger partial charge in [0.05, 0.1) is 39.6 Å². The van der Waals surface area contributed by atoms with E-state index < -0.39 is 0 Å². The maximum absolute atomic E-state index is 11.3. The van der Waals surface area contributed by atoms with Crippen LogP contribution in [0.4, 0.5) is 5.69 Å². The summed E-state index contributed by atoms with van der Waals surface area (Å²) >= 11 is 0. The summed E-state index contributed by atoms with van der Waals surface area (Å²) in [6.45, 7) is 7.59. The number of anilines is 1. The van der Waals surface area contributed by atoms with Crippen molar-refractivity contribution in [3.05, 3.63) is 30.3 Å². The van der Waals surface area contributed by atoms with Crippen molar-refractivity contribution in [2.45, 2.75) is 13.8 Å². The largest absolute Gasteiger partial charge is 0.464 e. The lowest BCUT2D eigenvalue weighted by molar-refractivity contribution is -0.150. The molecule has 0 heterocycles. The first-order valence-corrected chi connectivity index (χ1v) is 8.36. The van der Waals surface area contributed by atoms with Crippen molar-refractivity contribution in [2.24, 2.45) is 5.92 Å². The molecule has 0 aliphatic carbocycles. The quantitative estimate of drug-likeness (QED) is 0.415. The van der Waals surface area contributed by atoms with Crippen molar-refractivity contribution in [2.75, 3.05) is 58.1 Å². The Kier molecular flexibility index (Phi) is 11.7. The van der Waals surface area contributed by atoms with Gasteiger partial charge in [-0.05, 0) is 18.1 Å². The summed E-state index contributed by atoms with van der Waals surface area (Å²) in [5, 5.41) is 3.26. The molecule has 0 bridgehead atoms. The summed E-state index contributed by atoms with van der Waals surface area (Å²) < 4.78 is 21.0. The predicted octanol–water partition coefficient (Wildman–Crippen LogP) is 2.35. The maximum atomic E-state index is 11.3. The molecule has 0 aromatic heterocycles. The molecule has 6 nitrogen and oxygen atoms in total. The number of carbonyl (C=O) groups excluding carboxylic acids is 1. The van der Waals surface area contributed by atoms with E-state index in [2.05, 4.69) is 5.32 Å². The second-order valence-corrected chi connectivity index (χ2v) is 5.65. The van der Waals surface area contributed by atoms with Gasteiger partial charge < -0.3 is 24.3 Å². The molecule has 1 aromatic rings. The van der Waals surface area contributed by atoms with Crippen LogP contribution in [0.3, 0.4) is 0 Å². The van der Waals surface area contributed by atoms with E-state index in [1.165, 1.54) is 0 Å². The van der Waals surface area contributed by atoms with E-state index >= 15 is 0 Å². The summed E-state index contributed by atoms with van der Waals surface area (Å²) in [7, 11) is 0. The fraction of sp³-hybridized carbons (Fsp3) is 0.611. The van der Waals surface area contributed by atoms with Crippen molar-refractivity contribution in [3.8, 4) is 0 Å². The third kappa shape index (κ3) is 11.9. The van der Waals surface area contributed by atoms with Crippen molar-refractivity contribution in [3.63, 3.8) is 0 Å². The van der Waals surface area contributed by atoms with Crippen LogP contribution in [-0.4, -0.2) is 58.8 Å². The molecular formula is C18H29NO5. The lowest BCUT2D eigenvalue weighted by atomic mass is 10.2. The molecular weight excluding hydrogens is 310 g/mol. The molecule has 0 saturated heterocycles. The van der Waals surface area contributed by atoms with Crippen LogP contribution in [0.5, 0.6) is 0 Å². The number of benzene rings is 1. The molecule has 1 rings (SSSR count). The first-order valence-electron chi connectivity index (χ1n) is 8.36. The van der Waals surface area contributed by atoms with E-state index in [4.69, 9.17) is 18.9 Å². The molecule has 1 N–H and O–H groups in total. The number of nitrogens with one attached hydrogen (secondary N) is 1. The van der Waals surface area contributed by atoms with Crippen molar-refractivity contribution < 1.29 is 23.7 Å². The van der Waals surface area contributed by atoms with Crippen molar-refractivity contribution >= 4 is 11.7 Å². The molecule has 0 atom stereocenters. The fourth-order valence-electron chi connectivity index (χ4n) is 1.72. The highest BCUT2D eigenvalue weighted by molar-refractivity contribution is 5.70. The van der Waals surface area contributed by atoms with Crippen LogP contribution < -0.4 is 5.32 Å². The van der Waals surface area contributed by atoms with E-state index in [9.17, 15) is 4.79 Å². The molecule has 0 radical (unpaired) electrons. The van der Waals surface area contributed by atoms with Crippen molar-refractivity contribution in [1.82, 2.24) is 0 Å². The predicted molar refractivity (Wildman–Crippen MR) is 93.2 cm³/mol. The highest BCUT2D eigenvalue weighted by Gasteiger charge is 2.04. The molecule has 0 aliphatic heterocycles. The Labute approximate surface area is 144 Å². The Morgan fingerprint density at radius 1 is 0.958 bits per heavy atom. The van der Waals surface area contributed by atoms with E-state index in [-0.39, 0.29) is 12.6 Å². The van der Waals surface area contributed by atoms with Gasteiger partial charge >= 0.3 is 5.97 Å². The second kappa shape index (κ2) is 13.8. The minimum atomic E-state index is -0.335. The van der Waals surface area contributed by atoms with Crippen LogP contribution in [0.25, 0.3) is 0 Å². The number of carbonyl (C=O) groups is 1. The normalized spacial score (nSPS) is 10.8. The Hall–Kier alpha value is -1.63. The summed E-state index contributed by atoms with van der Waals surface area (Å²) in [5.41, 5.74) is 1.08. The first kappa shape index (κ1) is 20.4. The molecule has 0 unspecified atom stereocenters. The third-order valence-electron chi connectivity index (χ3n) is 2.89. The third-order valence-corrected chi connectivity index (χ3v) is 2.89.